The standard InChI is InChI=1S/C17H30N2/c1-3-4-5-6-7-8-9-10-15-19(2)17-13-11-16(18)12-14-17/h11-14H,3-10,15,18H2,1-2H3. The van der Waals surface area contributed by atoms with Crippen LogP contribution in [0.5, 0.6) is 0 Å². The van der Waals surface area contributed by atoms with Crippen LogP contribution in [0.25, 0.3) is 0 Å². The zero-order valence-electron chi connectivity index (χ0n) is 12.7. The number of nitrogens with two attached hydrogens (primary N) is 1. The van der Waals surface area contributed by atoms with Gasteiger partial charge in [-0.15, -0.1) is 0 Å². The van der Waals surface area contributed by atoms with E-state index in [9.17, 15) is 0 Å². The lowest BCUT2D eigenvalue weighted by atomic mass is 10.1. The first-order valence-electron chi connectivity index (χ1n) is 7.80. The summed E-state index contributed by atoms with van der Waals surface area (Å²) in [5.74, 6) is 0. The Bertz CT molecular complexity index is 319. The second kappa shape index (κ2) is 9.71. The van der Waals surface area contributed by atoms with Crippen molar-refractivity contribution in [1.82, 2.24) is 0 Å². The van der Waals surface area contributed by atoms with Gasteiger partial charge in [-0.05, 0) is 30.7 Å². The molecule has 1 aromatic rings. The van der Waals surface area contributed by atoms with E-state index in [1.54, 1.807) is 0 Å². The van der Waals surface area contributed by atoms with Crippen molar-refractivity contribution >= 4 is 11.4 Å². The van der Waals surface area contributed by atoms with Crippen LogP contribution in [0.4, 0.5) is 11.4 Å². The Kier molecular flexibility index (Phi) is 8.11. The van der Waals surface area contributed by atoms with E-state index in [1.807, 2.05) is 12.1 Å². The summed E-state index contributed by atoms with van der Waals surface area (Å²) < 4.78 is 0. The van der Waals surface area contributed by atoms with Crippen molar-refractivity contribution in [1.29, 1.82) is 0 Å². The quantitative estimate of drug-likeness (QED) is 0.482. The molecule has 0 unspecified atom stereocenters. The molecule has 2 nitrogen and oxygen atoms in total. The minimum atomic E-state index is 0.837. The molecule has 0 fully saturated rings. The number of benzene rings is 1. The molecule has 0 amide bonds. The number of hydrogen-bond acceptors (Lipinski definition) is 2. The van der Waals surface area contributed by atoms with Crippen LogP contribution in [0, 0.1) is 0 Å². The highest BCUT2D eigenvalue weighted by atomic mass is 15.1. The van der Waals surface area contributed by atoms with Gasteiger partial charge in [0.25, 0.3) is 0 Å². The molecule has 0 heterocycles. The van der Waals surface area contributed by atoms with Crippen molar-refractivity contribution in [2.45, 2.75) is 58.3 Å². The Balaban J connectivity index is 2.04. The van der Waals surface area contributed by atoms with Gasteiger partial charge < -0.3 is 10.6 Å². The molecule has 0 aliphatic heterocycles. The fourth-order valence-electron chi connectivity index (χ4n) is 2.34. The Hall–Kier alpha value is -1.18. The molecule has 0 aromatic heterocycles. The second-order valence-corrected chi connectivity index (χ2v) is 5.49. The molecule has 19 heavy (non-hydrogen) atoms. The number of rotatable bonds is 10. The van der Waals surface area contributed by atoms with E-state index >= 15 is 0 Å². The molecule has 2 heteroatoms. The summed E-state index contributed by atoms with van der Waals surface area (Å²) in [6.07, 6.45) is 11.0. The monoisotopic (exact) mass is 262 g/mol. The SMILES string of the molecule is CCCCCCCCCCN(C)c1ccc(N)cc1. The number of unbranched alkanes of at least 4 members (excludes halogenated alkanes) is 7. The minimum absolute atomic E-state index is 0.837. The van der Waals surface area contributed by atoms with Crippen molar-refractivity contribution in [3.05, 3.63) is 24.3 Å². The van der Waals surface area contributed by atoms with Gasteiger partial charge in [0.05, 0.1) is 0 Å². The van der Waals surface area contributed by atoms with Gasteiger partial charge in [0, 0.05) is 25.0 Å². The number of anilines is 2. The Labute approximate surface area is 119 Å². The normalized spacial score (nSPS) is 10.6. The number of hydrogen-bond donors (Lipinski definition) is 1. The second-order valence-electron chi connectivity index (χ2n) is 5.49. The summed E-state index contributed by atoms with van der Waals surface area (Å²) in [6, 6.07) is 8.14. The average Bonchev–Trinajstić information content (AvgIpc) is 2.42. The highest BCUT2D eigenvalue weighted by Crippen LogP contribution is 2.16. The molecule has 0 saturated heterocycles. The molecule has 0 atom stereocenters. The fourth-order valence-corrected chi connectivity index (χ4v) is 2.34. The Morgan fingerprint density at radius 1 is 0.842 bits per heavy atom. The zero-order chi connectivity index (χ0) is 13.9. The lowest BCUT2D eigenvalue weighted by molar-refractivity contribution is 0.575. The summed E-state index contributed by atoms with van der Waals surface area (Å²) in [6.45, 7) is 3.41. The molecule has 0 bridgehead atoms. The summed E-state index contributed by atoms with van der Waals surface area (Å²) in [4.78, 5) is 2.32. The predicted octanol–water partition coefficient (Wildman–Crippen LogP) is 4.85. The van der Waals surface area contributed by atoms with Crippen LogP contribution in [-0.4, -0.2) is 13.6 Å². The first kappa shape index (κ1) is 15.9. The third-order valence-corrected chi connectivity index (χ3v) is 3.68. The molecule has 2 N–H and O–H groups in total. The smallest absolute Gasteiger partial charge is 0.0365 e. The summed E-state index contributed by atoms with van der Waals surface area (Å²) in [5.41, 5.74) is 7.80. The van der Waals surface area contributed by atoms with Crippen LogP contribution in [0.3, 0.4) is 0 Å². The molecule has 1 rings (SSSR count). The maximum Gasteiger partial charge on any atom is 0.0365 e. The Morgan fingerprint density at radius 2 is 1.37 bits per heavy atom. The third kappa shape index (κ3) is 7.09. The first-order chi connectivity index (χ1) is 9.24. The molecule has 108 valence electrons. The molecular weight excluding hydrogens is 232 g/mol. The molecule has 0 aliphatic rings. The molecule has 0 aliphatic carbocycles. The first-order valence-corrected chi connectivity index (χ1v) is 7.80. The highest BCUT2D eigenvalue weighted by Gasteiger charge is 2.00. The van der Waals surface area contributed by atoms with E-state index in [0.717, 1.165) is 12.2 Å². The van der Waals surface area contributed by atoms with Gasteiger partial charge in [0.15, 0.2) is 0 Å². The van der Waals surface area contributed by atoms with Gasteiger partial charge in [0.1, 0.15) is 0 Å². The van der Waals surface area contributed by atoms with E-state index in [2.05, 4.69) is 31.0 Å². The molecule has 0 saturated carbocycles. The van der Waals surface area contributed by atoms with Crippen molar-refractivity contribution < 1.29 is 0 Å². The van der Waals surface area contributed by atoms with Crippen molar-refractivity contribution in [3.8, 4) is 0 Å². The van der Waals surface area contributed by atoms with Crippen molar-refractivity contribution in [3.63, 3.8) is 0 Å². The lowest BCUT2D eigenvalue weighted by Gasteiger charge is -2.19. The maximum absolute atomic E-state index is 5.70. The predicted molar refractivity (Wildman–Crippen MR) is 86.7 cm³/mol. The molecular formula is C17H30N2. The topological polar surface area (TPSA) is 29.3 Å². The minimum Gasteiger partial charge on any atom is -0.399 e. The van der Waals surface area contributed by atoms with E-state index < -0.39 is 0 Å². The van der Waals surface area contributed by atoms with Gasteiger partial charge in [-0.3, -0.25) is 0 Å². The average molecular weight is 262 g/mol. The van der Waals surface area contributed by atoms with Gasteiger partial charge in [-0.25, -0.2) is 0 Å². The van der Waals surface area contributed by atoms with E-state index in [0.29, 0.717) is 0 Å². The van der Waals surface area contributed by atoms with Gasteiger partial charge in [-0.1, -0.05) is 51.9 Å². The van der Waals surface area contributed by atoms with Gasteiger partial charge >= 0.3 is 0 Å². The molecule has 0 radical (unpaired) electrons. The summed E-state index contributed by atoms with van der Waals surface area (Å²) in [7, 11) is 2.16. The van der Waals surface area contributed by atoms with Crippen LogP contribution >= 0.6 is 0 Å². The molecule has 1 aromatic carbocycles. The van der Waals surface area contributed by atoms with Crippen LogP contribution in [0.1, 0.15) is 58.3 Å². The number of nitrogen functional groups attached to an aromatic ring is 1. The largest absolute Gasteiger partial charge is 0.399 e. The van der Waals surface area contributed by atoms with Crippen molar-refractivity contribution in [2.24, 2.45) is 0 Å². The lowest BCUT2D eigenvalue weighted by Crippen LogP contribution is -2.18. The van der Waals surface area contributed by atoms with Gasteiger partial charge in [0.2, 0.25) is 0 Å². The third-order valence-electron chi connectivity index (χ3n) is 3.68. The molecule has 0 spiro atoms. The number of nitrogens with zero attached hydrogens (tertiary/aromatic N) is 1. The van der Waals surface area contributed by atoms with E-state index in [4.69, 9.17) is 5.73 Å². The van der Waals surface area contributed by atoms with Crippen LogP contribution in [-0.2, 0) is 0 Å². The fraction of sp³-hybridized carbons (Fsp3) is 0.647. The van der Waals surface area contributed by atoms with E-state index in [1.165, 1.54) is 57.1 Å². The maximum atomic E-state index is 5.70. The van der Waals surface area contributed by atoms with E-state index in [-0.39, 0.29) is 0 Å². The Morgan fingerprint density at radius 3 is 1.95 bits per heavy atom. The summed E-state index contributed by atoms with van der Waals surface area (Å²) in [5, 5.41) is 0. The summed E-state index contributed by atoms with van der Waals surface area (Å²) >= 11 is 0. The van der Waals surface area contributed by atoms with Crippen LogP contribution < -0.4 is 10.6 Å². The van der Waals surface area contributed by atoms with Crippen molar-refractivity contribution in [2.75, 3.05) is 24.2 Å². The van der Waals surface area contributed by atoms with Gasteiger partial charge in [-0.2, -0.15) is 0 Å². The van der Waals surface area contributed by atoms with Crippen LogP contribution in [0.15, 0.2) is 24.3 Å². The van der Waals surface area contributed by atoms with Crippen LogP contribution in [0.2, 0.25) is 0 Å². The highest BCUT2D eigenvalue weighted by molar-refractivity contribution is 5.52. The zero-order valence-corrected chi connectivity index (χ0v) is 12.7.